The fraction of sp³-hybridized carbons (Fsp3) is 0.600. The number of hydrogen-bond acceptors (Lipinski definition) is 5. The highest BCUT2D eigenvalue weighted by Crippen LogP contribution is 2.31. The summed E-state index contributed by atoms with van der Waals surface area (Å²) in [6, 6.07) is 5.67. The molecule has 6 nitrogen and oxygen atoms in total. The maximum absolute atomic E-state index is 12.3. The van der Waals surface area contributed by atoms with Crippen molar-refractivity contribution >= 4 is 11.9 Å². The van der Waals surface area contributed by atoms with Crippen molar-refractivity contribution < 1.29 is 23.8 Å². The lowest BCUT2D eigenvalue weighted by atomic mass is 9.82. The van der Waals surface area contributed by atoms with E-state index in [9.17, 15) is 9.59 Å². The van der Waals surface area contributed by atoms with Crippen molar-refractivity contribution in [3.63, 3.8) is 0 Å². The molecule has 0 unspecified atom stereocenters. The monoisotopic (exact) mass is 361 g/mol. The van der Waals surface area contributed by atoms with Crippen LogP contribution in [0, 0.1) is 11.8 Å². The van der Waals surface area contributed by atoms with E-state index in [4.69, 9.17) is 14.2 Å². The molecule has 0 bridgehead atoms. The molecule has 0 spiro atoms. The van der Waals surface area contributed by atoms with Crippen molar-refractivity contribution in [2.24, 2.45) is 11.8 Å². The Hall–Kier alpha value is -2.24. The van der Waals surface area contributed by atoms with Gasteiger partial charge in [-0.1, -0.05) is 6.07 Å². The highest BCUT2D eigenvalue weighted by Gasteiger charge is 2.27. The van der Waals surface area contributed by atoms with Gasteiger partial charge < -0.3 is 19.5 Å². The van der Waals surface area contributed by atoms with Crippen LogP contribution in [-0.2, 0) is 20.7 Å². The van der Waals surface area contributed by atoms with Gasteiger partial charge in [-0.05, 0) is 49.3 Å². The summed E-state index contributed by atoms with van der Waals surface area (Å²) in [6.45, 7) is 1.96. The summed E-state index contributed by atoms with van der Waals surface area (Å²) in [7, 11) is 1.44. The molecule has 1 aromatic rings. The number of fused-ring (bicyclic) bond motifs is 1. The van der Waals surface area contributed by atoms with Crippen molar-refractivity contribution in [1.29, 1.82) is 0 Å². The first-order chi connectivity index (χ1) is 12.7. The van der Waals surface area contributed by atoms with Gasteiger partial charge in [0.05, 0.1) is 32.7 Å². The molecule has 142 valence electrons. The van der Waals surface area contributed by atoms with Gasteiger partial charge in [-0.2, -0.15) is 0 Å². The highest BCUT2D eigenvalue weighted by molar-refractivity contribution is 5.78. The Labute approximate surface area is 154 Å². The summed E-state index contributed by atoms with van der Waals surface area (Å²) in [5.41, 5.74) is 0.918. The van der Waals surface area contributed by atoms with Gasteiger partial charge in [-0.15, -0.1) is 0 Å². The molecule has 0 atom stereocenters. The number of esters is 1. The molecule has 1 aliphatic heterocycles. The third kappa shape index (κ3) is 4.90. The summed E-state index contributed by atoms with van der Waals surface area (Å²) in [6.07, 6.45) is 4.77. The lowest BCUT2D eigenvalue weighted by Gasteiger charge is -2.27. The molecule has 1 fully saturated rings. The number of carbonyl (C=O) groups is 2. The molecule has 26 heavy (non-hydrogen) atoms. The van der Waals surface area contributed by atoms with E-state index in [-0.39, 0.29) is 17.8 Å². The second kappa shape index (κ2) is 8.92. The Morgan fingerprint density at radius 2 is 1.85 bits per heavy atom. The number of hydrogen-bond donors (Lipinski definition) is 1. The Morgan fingerprint density at radius 1 is 1.12 bits per heavy atom. The van der Waals surface area contributed by atoms with Crippen molar-refractivity contribution in [2.75, 3.05) is 26.9 Å². The molecule has 6 heteroatoms. The second-order valence-corrected chi connectivity index (χ2v) is 7.05. The van der Waals surface area contributed by atoms with Crippen molar-refractivity contribution in [3.8, 4) is 11.5 Å². The van der Waals surface area contributed by atoms with E-state index in [0.717, 1.165) is 43.4 Å². The number of ether oxygens (including phenoxy) is 3. The lowest BCUT2D eigenvalue weighted by molar-refractivity contribution is -0.146. The van der Waals surface area contributed by atoms with Crippen molar-refractivity contribution in [3.05, 3.63) is 23.8 Å². The number of benzene rings is 1. The van der Waals surface area contributed by atoms with Gasteiger partial charge in [-0.3, -0.25) is 9.59 Å². The molecule has 1 aromatic carbocycles. The number of methoxy groups -OCH3 is 1. The van der Waals surface area contributed by atoms with E-state index < -0.39 is 0 Å². The summed E-state index contributed by atoms with van der Waals surface area (Å²) in [4.78, 5) is 23.8. The third-order valence-electron chi connectivity index (χ3n) is 5.15. The van der Waals surface area contributed by atoms with Crippen LogP contribution < -0.4 is 14.8 Å². The Balaban J connectivity index is 1.43. The largest absolute Gasteiger partial charge is 0.490 e. The van der Waals surface area contributed by atoms with Crippen LogP contribution in [0.1, 0.15) is 37.7 Å². The predicted molar refractivity (Wildman–Crippen MR) is 96.2 cm³/mol. The van der Waals surface area contributed by atoms with Crippen LogP contribution >= 0.6 is 0 Å². The van der Waals surface area contributed by atoms with Gasteiger partial charge in [0, 0.05) is 13.0 Å². The SMILES string of the molecule is COC(=O)C1CCC(CNC(=O)Cc2ccc3c(c2)OCCCO3)CC1. The van der Waals surface area contributed by atoms with Crippen LogP contribution in [0.4, 0.5) is 0 Å². The number of rotatable bonds is 5. The standard InChI is InChI=1S/C20H27NO5/c1-24-20(23)16-6-3-14(4-7-16)13-21-19(22)12-15-5-8-17-18(11-15)26-10-2-9-25-17/h5,8,11,14,16H,2-4,6-7,9-10,12-13H2,1H3,(H,21,22). The Bertz CT molecular complexity index is 637. The van der Waals surface area contributed by atoms with Crippen LogP contribution in [0.15, 0.2) is 18.2 Å². The second-order valence-electron chi connectivity index (χ2n) is 7.05. The van der Waals surface area contributed by atoms with E-state index in [1.807, 2.05) is 18.2 Å². The smallest absolute Gasteiger partial charge is 0.308 e. The summed E-state index contributed by atoms with van der Waals surface area (Å²) >= 11 is 0. The number of nitrogens with one attached hydrogen (secondary N) is 1. The lowest BCUT2D eigenvalue weighted by Crippen LogP contribution is -2.33. The van der Waals surface area contributed by atoms with E-state index in [2.05, 4.69) is 5.32 Å². The van der Waals surface area contributed by atoms with Crippen LogP contribution in [-0.4, -0.2) is 38.7 Å². The van der Waals surface area contributed by atoms with E-state index in [1.54, 1.807) is 0 Å². The van der Waals surface area contributed by atoms with Gasteiger partial charge in [0.15, 0.2) is 11.5 Å². The highest BCUT2D eigenvalue weighted by atomic mass is 16.5. The fourth-order valence-corrected chi connectivity index (χ4v) is 3.59. The van der Waals surface area contributed by atoms with Gasteiger partial charge in [0.2, 0.25) is 5.91 Å². The van der Waals surface area contributed by atoms with Crippen LogP contribution in [0.25, 0.3) is 0 Å². The van der Waals surface area contributed by atoms with E-state index in [0.29, 0.717) is 37.8 Å². The Morgan fingerprint density at radius 3 is 2.58 bits per heavy atom. The molecule has 1 aliphatic carbocycles. The maximum Gasteiger partial charge on any atom is 0.308 e. The van der Waals surface area contributed by atoms with Gasteiger partial charge in [0.25, 0.3) is 0 Å². The molecule has 0 radical (unpaired) electrons. The topological polar surface area (TPSA) is 73.9 Å². The minimum Gasteiger partial charge on any atom is -0.490 e. The molecule has 1 amide bonds. The molecule has 3 rings (SSSR count). The molecule has 1 N–H and O–H groups in total. The summed E-state index contributed by atoms with van der Waals surface area (Å²) in [5, 5.41) is 3.02. The van der Waals surface area contributed by atoms with Gasteiger partial charge in [-0.25, -0.2) is 0 Å². The normalized spacial score (nSPS) is 22.2. The maximum atomic E-state index is 12.3. The third-order valence-corrected chi connectivity index (χ3v) is 5.15. The Kier molecular flexibility index (Phi) is 6.36. The van der Waals surface area contributed by atoms with E-state index >= 15 is 0 Å². The quantitative estimate of drug-likeness (QED) is 0.816. The average molecular weight is 361 g/mol. The minimum absolute atomic E-state index is 0.00887. The predicted octanol–water partition coefficient (Wildman–Crippen LogP) is 2.49. The number of amides is 1. The first-order valence-electron chi connectivity index (χ1n) is 9.38. The summed E-state index contributed by atoms with van der Waals surface area (Å²) < 4.78 is 16.1. The molecule has 0 saturated heterocycles. The summed E-state index contributed by atoms with van der Waals surface area (Å²) in [5.74, 6) is 1.82. The van der Waals surface area contributed by atoms with Gasteiger partial charge >= 0.3 is 5.97 Å². The molecular formula is C20H27NO5. The van der Waals surface area contributed by atoms with Crippen LogP contribution in [0.2, 0.25) is 0 Å². The first kappa shape index (κ1) is 18.5. The van der Waals surface area contributed by atoms with Gasteiger partial charge in [0.1, 0.15) is 0 Å². The van der Waals surface area contributed by atoms with Crippen LogP contribution in [0.3, 0.4) is 0 Å². The molecule has 1 heterocycles. The molecular weight excluding hydrogens is 334 g/mol. The molecule has 0 aromatic heterocycles. The molecule has 1 saturated carbocycles. The zero-order valence-electron chi connectivity index (χ0n) is 15.3. The first-order valence-corrected chi connectivity index (χ1v) is 9.38. The number of carbonyl (C=O) groups excluding carboxylic acids is 2. The molecule has 2 aliphatic rings. The van der Waals surface area contributed by atoms with Crippen molar-refractivity contribution in [1.82, 2.24) is 5.32 Å². The van der Waals surface area contributed by atoms with Crippen LogP contribution in [0.5, 0.6) is 11.5 Å². The van der Waals surface area contributed by atoms with Crippen molar-refractivity contribution in [2.45, 2.75) is 38.5 Å². The zero-order chi connectivity index (χ0) is 18.4. The van der Waals surface area contributed by atoms with E-state index in [1.165, 1.54) is 7.11 Å². The fourth-order valence-electron chi connectivity index (χ4n) is 3.59. The minimum atomic E-state index is -0.109. The zero-order valence-corrected chi connectivity index (χ0v) is 15.3. The average Bonchev–Trinajstić information content (AvgIpc) is 2.91.